The monoisotopic (exact) mass is 384 g/mol. The first-order valence-corrected chi connectivity index (χ1v) is 9.50. The van der Waals surface area contributed by atoms with Crippen LogP contribution in [-0.2, 0) is 12.3 Å². The zero-order valence-electron chi connectivity index (χ0n) is 12.3. The molecule has 0 aliphatic carbocycles. The van der Waals surface area contributed by atoms with Crippen LogP contribution >= 0.6 is 46.3 Å². The first kappa shape index (κ1) is 16.6. The Balaban J connectivity index is 1.68. The van der Waals surface area contributed by atoms with Gasteiger partial charge in [-0.2, -0.15) is 0 Å². The molecule has 0 saturated carbocycles. The summed E-state index contributed by atoms with van der Waals surface area (Å²) in [6, 6.07) is 9.67. The van der Waals surface area contributed by atoms with E-state index < -0.39 is 0 Å². The van der Waals surface area contributed by atoms with E-state index in [-0.39, 0.29) is 0 Å². The van der Waals surface area contributed by atoms with Gasteiger partial charge in [0, 0.05) is 20.7 Å². The lowest BCUT2D eigenvalue weighted by Gasteiger charge is -2.10. The van der Waals surface area contributed by atoms with E-state index in [9.17, 15) is 0 Å². The number of aryl methyl sites for hydroxylation is 1. The number of hydrogen-bond donors (Lipinski definition) is 1. The fourth-order valence-electron chi connectivity index (χ4n) is 1.97. The molecule has 0 amide bonds. The molecular formula is C15H14Cl2N4S2. The zero-order chi connectivity index (χ0) is 16.2. The largest absolute Gasteiger partial charge is 0.317 e. The predicted octanol–water partition coefficient (Wildman–Crippen LogP) is 4.99. The smallest absolute Gasteiger partial charge is 0.210 e. The van der Waals surface area contributed by atoms with Gasteiger partial charge in [0.05, 0.1) is 6.54 Å². The van der Waals surface area contributed by atoms with Crippen LogP contribution in [0.2, 0.25) is 10.0 Å². The van der Waals surface area contributed by atoms with E-state index >= 15 is 0 Å². The van der Waals surface area contributed by atoms with Crippen LogP contribution in [0.5, 0.6) is 0 Å². The molecule has 0 atom stereocenters. The molecule has 8 heteroatoms. The number of nitrogens with zero attached hydrogens (tertiary/aromatic N) is 3. The number of aromatic nitrogens is 3. The SMILES string of the molecule is Cc1nnc(SCc2ccc(Cl)cc2Cl)n1NCc1cccs1. The molecule has 0 aliphatic heterocycles. The van der Waals surface area contributed by atoms with Gasteiger partial charge in [-0.3, -0.25) is 0 Å². The molecule has 120 valence electrons. The maximum atomic E-state index is 6.21. The lowest BCUT2D eigenvalue weighted by atomic mass is 10.2. The molecule has 0 unspecified atom stereocenters. The van der Waals surface area contributed by atoms with Gasteiger partial charge in [-0.1, -0.05) is 47.1 Å². The van der Waals surface area contributed by atoms with E-state index in [1.807, 2.05) is 29.8 Å². The van der Waals surface area contributed by atoms with Gasteiger partial charge in [0.25, 0.3) is 0 Å². The highest BCUT2D eigenvalue weighted by atomic mass is 35.5. The number of rotatable bonds is 6. The number of halogens is 2. The van der Waals surface area contributed by atoms with Crippen molar-refractivity contribution in [1.29, 1.82) is 0 Å². The molecule has 0 spiro atoms. The summed E-state index contributed by atoms with van der Waals surface area (Å²) in [6.45, 7) is 2.67. The molecule has 0 bridgehead atoms. The van der Waals surface area contributed by atoms with Crippen LogP contribution in [0.4, 0.5) is 0 Å². The average Bonchev–Trinajstić information content (AvgIpc) is 3.14. The molecule has 0 radical (unpaired) electrons. The first-order chi connectivity index (χ1) is 11.1. The molecular weight excluding hydrogens is 371 g/mol. The minimum absolute atomic E-state index is 0.639. The minimum atomic E-state index is 0.639. The summed E-state index contributed by atoms with van der Waals surface area (Å²) < 4.78 is 1.91. The Morgan fingerprint density at radius 3 is 2.87 bits per heavy atom. The molecule has 4 nitrogen and oxygen atoms in total. The Hall–Kier alpha value is -1.21. The average molecular weight is 385 g/mol. The molecule has 0 saturated heterocycles. The van der Waals surface area contributed by atoms with E-state index in [4.69, 9.17) is 23.2 Å². The fourth-order valence-corrected chi connectivity index (χ4v) is 4.12. The summed E-state index contributed by atoms with van der Waals surface area (Å²) in [4.78, 5) is 1.26. The second kappa shape index (κ2) is 7.57. The van der Waals surface area contributed by atoms with Crippen LogP contribution in [0.25, 0.3) is 0 Å². The molecule has 1 aromatic carbocycles. The lowest BCUT2D eigenvalue weighted by Crippen LogP contribution is -2.16. The van der Waals surface area contributed by atoms with Crippen molar-refractivity contribution in [1.82, 2.24) is 14.9 Å². The Kier molecular flexibility index (Phi) is 5.48. The van der Waals surface area contributed by atoms with Crippen LogP contribution < -0.4 is 5.43 Å². The molecule has 23 heavy (non-hydrogen) atoms. The second-order valence-electron chi connectivity index (χ2n) is 4.80. The van der Waals surface area contributed by atoms with Crippen LogP contribution in [0, 0.1) is 6.92 Å². The van der Waals surface area contributed by atoms with Crippen molar-refractivity contribution in [2.45, 2.75) is 24.4 Å². The van der Waals surface area contributed by atoms with Crippen molar-refractivity contribution >= 4 is 46.3 Å². The summed E-state index contributed by atoms with van der Waals surface area (Å²) in [5.74, 6) is 1.53. The van der Waals surface area contributed by atoms with Crippen molar-refractivity contribution in [2.24, 2.45) is 0 Å². The Morgan fingerprint density at radius 2 is 2.13 bits per heavy atom. The molecule has 1 N–H and O–H groups in total. The van der Waals surface area contributed by atoms with Crippen LogP contribution in [0.15, 0.2) is 40.9 Å². The van der Waals surface area contributed by atoms with Crippen LogP contribution in [-0.4, -0.2) is 14.9 Å². The van der Waals surface area contributed by atoms with Crippen LogP contribution in [0.1, 0.15) is 16.3 Å². The van der Waals surface area contributed by atoms with Gasteiger partial charge in [-0.25, -0.2) is 4.68 Å². The van der Waals surface area contributed by atoms with E-state index in [2.05, 4.69) is 27.1 Å². The third-order valence-electron chi connectivity index (χ3n) is 3.16. The lowest BCUT2D eigenvalue weighted by molar-refractivity contribution is 0.735. The third kappa shape index (κ3) is 4.20. The third-order valence-corrected chi connectivity index (χ3v) is 5.60. The standard InChI is InChI=1S/C15H14Cl2N4S2/c1-10-19-20-15(21(10)18-8-13-3-2-6-22-13)23-9-11-4-5-12(16)7-14(11)17/h2-7,18H,8-9H2,1H3. The number of hydrogen-bond acceptors (Lipinski definition) is 5. The van der Waals surface area contributed by atoms with E-state index in [1.54, 1.807) is 29.2 Å². The van der Waals surface area contributed by atoms with E-state index in [0.29, 0.717) is 15.8 Å². The second-order valence-corrected chi connectivity index (χ2v) is 7.62. The van der Waals surface area contributed by atoms with Gasteiger partial charge in [0.1, 0.15) is 5.82 Å². The summed E-state index contributed by atoms with van der Waals surface area (Å²) in [6.07, 6.45) is 0. The van der Waals surface area contributed by atoms with Gasteiger partial charge in [-0.05, 0) is 36.1 Å². The van der Waals surface area contributed by atoms with Gasteiger partial charge in [0.15, 0.2) is 0 Å². The van der Waals surface area contributed by atoms with Crippen molar-refractivity contribution in [2.75, 3.05) is 5.43 Å². The number of thiophene rings is 1. The maximum absolute atomic E-state index is 6.21. The van der Waals surface area contributed by atoms with Gasteiger partial charge in [-0.15, -0.1) is 21.5 Å². The molecule has 3 rings (SSSR count). The van der Waals surface area contributed by atoms with Crippen molar-refractivity contribution in [3.63, 3.8) is 0 Å². The van der Waals surface area contributed by atoms with Crippen molar-refractivity contribution < 1.29 is 0 Å². The quantitative estimate of drug-likeness (QED) is 0.607. The number of nitrogens with one attached hydrogen (secondary N) is 1. The summed E-state index contributed by atoms with van der Waals surface area (Å²) in [5, 5.41) is 12.5. The molecule has 2 heterocycles. The number of benzene rings is 1. The van der Waals surface area contributed by atoms with E-state index in [1.165, 1.54) is 4.88 Å². The summed E-state index contributed by atoms with van der Waals surface area (Å²) in [7, 11) is 0. The van der Waals surface area contributed by atoms with Gasteiger partial charge < -0.3 is 5.43 Å². The normalized spacial score (nSPS) is 10.9. The predicted molar refractivity (Wildman–Crippen MR) is 98.2 cm³/mol. The molecule has 0 fully saturated rings. The highest BCUT2D eigenvalue weighted by Gasteiger charge is 2.11. The van der Waals surface area contributed by atoms with Crippen LogP contribution in [0.3, 0.4) is 0 Å². The summed E-state index contributed by atoms with van der Waals surface area (Å²) in [5.41, 5.74) is 4.37. The zero-order valence-corrected chi connectivity index (χ0v) is 15.4. The molecule has 2 aromatic heterocycles. The summed E-state index contributed by atoms with van der Waals surface area (Å²) >= 11 is 15.4. The minimum Gasteiger partial charge on any atom is -0.317 e. The van der Waals surface area contributed by atoms with Gasteiger partial charge in [0.2, 0.25) is 5.16 Å². The Morgan fingerprint density at radius 1 is 1.26 bits per heavy atom. The number of thioether (sulfide) groups is 1. The van der Waals surface area contributed by atoms with E-state index in [0.717, 1.165) is 23.1 Å². The fraction of sp³-hybridized carbons (Fsp3) is 0.200. The molecule has 3 aromatic rings. The van der Waals surface area contributed by atoms with Gasteiger partial charge >= 0.3 is 0 Å². The highest BCUT2D eigenvalue weighted by molar-refractivity contribution is 7.98. The van der Waals surface area contributed by atoms with Crippen molar-refractivity contribution in [3.8, 4) is 0 Å². The Labute approximate surface area is 152 Å². The van der Waals surface area contributed by atoms with Crippen molar-refractivity contribution in [3.05, 3.63) is 62.0 Å². The maximum Gasteiger partial charge on any atom is 0.210 e. The Bertz CT molecular complexity index is 787. The first-order valence-electron chi connectivity index (χ1n) is 6.88. The highest BCUT2D eigenvalue weighted by Crippen LogP contribution is 2.27. The molecule has 0 aliphatic rings. The topological polar surface area (TPSA) is 42.7 Å².